The van der Waals surface area contributed by atoms with Crippen LogP contribution in [0.4, 0.5) is 0 Å². The minimum absolute atomic E-state index is 0.0547. The Kier molecular flexibility index (Phi) is 8.39. The molecule has 0 aliphatic carbocycles. The number of ether oxygens (including phenoxy) is 2. The van der Waals surface area contributed by atoms with E-state index in [0.29, 0.717) is 19.8 Å². The molecule has 4 nitrogen and oxygen atoms in total. The van der Waals surface area contributed by atoms with Crippen LogP contribution in [-0.4, -0.2) is 32.0 Å². The summed E-state index contributed by atoms with van der Waals surface area (Å²) in [6, 6.07) is 30.7. The predicted octanol–water partition coefficient (Wildman–Crippen LogP) is 4.93. The first-order chi connectivity index (χ1) is 15.2. The van der Waals surface area contributed by atoms with Crippen LogP contribution in [0.3, 0.4) is 0 Å². The maximum atomic E-state index is 13.3. The molecule has 0 aliphatic rings. The summed E-state index contributed by atoms with van der Waals surface area (Å²) in [6.45, 7) is 5.21. The zero-order valence-corrected chi connectivity index (χ0v) is 18.3. The van der Waals surface area contributed by atoms with Gasteiger partial charge in [-0.3, -0.25) is 4.79 Å². The fourth-order valence-electron chi connectivity index (χ4n) is 4.01. The van der Waals surface area contributed by atoms with Gasteiger partial charge in [0.25, 0.3) is 0 Å². The van der Waals surface area contributed by atoms with Gasteiger partial charge in [-0.25, -0.2) is 0 Å². The number of benzene rings is 3. The minimum Gasteiger partial charge on any atom is -0.351 e. The van der Waals surface area contributed by atoms with Crippen molar-refractivity contribution in [2.75, 3.05) is 19.8 Å². The predicted molar refractivity (Wildman–Crippen MR) is 124 cm³/mol. The van der Waals surface area contributed by atoms with Gasteiger partial charge in [-0.15, -0.1) is 0 Å². The third kappa shape index (κ3) is 5.60. The average Bonchev–Trinajstić information content (AvgIpc) is 2.83. The van der Waals surface area contributed by atoms with Crippen LogP contribution in [0, 0.1) is 0 Å². The third-order valence-electron chi connectivity index (χ3n) is 5.40. The fourth-order valence-corrected chi connectivity index (χ4v) is 4.01. The topological polar surface area (TPSA) is 47.6 Å². The van der Waals surface area contributed by atoms with E-state index in [0.717, 1.165) is 16.7 Å². The van der Waals surface area contributed by atoms with Crippen LogP contribution in [0.15, 0.2) is 91.0 Å². The molecule has 0 fully saturated rings. The van der Waals surface area contributed by atoms with E-state index < -0.39 is 11.7 Å². The molecule has 0 atom stereocenters. The highest BCUT2D eigenvalue weighted by Gasteiger charge is 2.38. The molecule has 31 heavy (non-hydrogen) atoms. The summed E-state index contributed by atoms with van der Waals surface area (Å²) in [6.07, 6.45) is -0.172. The summed E-state index contributed by atoms with van der Waals surface area (Å²) >= 11 is 0. The van der Waals surface area contributed by atoms with Gasteiger partial charge in [-0.05, 0) is 30.5 Å². The van der Waals surface area contributed by atoms with Crippen LogP contribution >= 0.6 is 0 Å². The van der Waals surface area contributed by atoms with Crippen LogP contribution < -0.4 is 5.32 Å². The summed E-state index contributed by atoms with van der Waals surface area (Å²) in [7, 11) is 0. The molecule has 1 N–H and O–H groups in total. The van der Waals surface area contributed by atoms with Gasteiger partial charge in [0.2, 0.25) is 5.91 Å². The number of hydrogen-bond acceptors (Lipinski definition) is 3. The van der Waals surface area contributed by atoms with Gasteiger partial charge in [-0.1, -0.05) is 91.0 Å². The van der Waals surface area contributed by atoms with Crippen LogP contribution in [0.2, 0.25) is 0 Å². The van der Waals surface area contributed by atoms with Crippen molar-refractivity contribution in [3.63, 3.8) is 0 Å². The van der Waals surface area contributed by atoms with Crippen LogP contribution in [0.25, 0.3) is 0 Å². The largest absolute Gasteiger partial charge is 0.351 e. The second-order valence-corrected chi connectivity index (χ2v) is 7.32. The number of carbonyl (C=O) groups excluding carboxylic acids is 1. The molecular formula is C27H31NO3. The monoisotopic (exact) mass is 417 g/mol. The highest BCUT2D eigenvalue weighted by Crippen LogP contribution is 2.42. The van der Waals surface area contributed by atoms with E-state index >= 15 is 0 Å². The van der Waals surface area contributed by atoms with Crippen molar-refractivity contribution >= 4 is 5.91 Å². The van der Waals surface area contributed by atoms with Crippen molar-refractivity contribution in [2.24, 2.45) is 0 Å². The lowest BCUT2D eigenvalue weighted by Gasteiger charge is -2.35. The van der Waals surface area contributed by atoms with E-state index in [9.17, 15) is 4.79 Å². The SMILES string of the molecule is CCOC(CNC(=O)CC(c1ccccc1)(c1ccccc1)c1ccccc1)OCC. The Balaban J connectivity index is 1.99. The second-order valence-electron chi connectivity index (χ2n) is 7.32. The van der Waals surface area contributed by atoms with Gasteiger partial charge in [-0.2, -0.15) is 0 Å². The quantitative estimate of drug-likeness (QED) is 0.356. The molecule has 1 amide bonds. The molecule has 0 aliphatic heterocycles. The molecule has 0 radical (unpaired) electrons. The van der Waals surface area contributed by atoms with Gasteiger partial charge >= 0.3 is 0 Å². The molecule has 162 valence electrons. The Hall–Kier alpha value is -2.95. The fraction of sp³-hybridized carbons (Fsp3) is 0.296. The van der Waals surface area contributed by atoms with Gasteiger partial charge in [0.15, 0.2) is 6.29 Å². The van der Waals surface area contributed by atoms with E-state index in [2.05, 4.69) is 41.7 Å². The maximum absolute atomic E-state index is 13.3. The summed E-state index contributed by atoms with van der Waals surface area (Å²) in [5, 5.41) is 3.03. The van der Waals surface area contributed by atoms with Gasteiger partial charge in [0.05, 0.1) is 12.0 Å². The maximum Gasteiger partial charge on any atom is 0.221 e. The van der Waals surface area contributed by atoms with E-state index in [1.54, 1.807) is 0 Å². The van der Waals surface area contributed by atoms with Crippen LogP contribution in [-0.2, 0) is 19.7 Å². The van der Waals surface area contributed by atoms with Crippen molar-refractivity contribution in [2.45, 2.75) is 32.0 Å². The Morgan fingerprint density at radius 3 is 1.48 bits per heavy atom. The average molecular weight is 418 g/mol. The Labute approximate surface area is 185 Å². The number of rotatable bonds is 11. The molecule has 3 aromatic carbocycles. The summed E-state index contributed by atoms with van der Waals surface area (Å²) in [5.41, 5.74) is 2.62. The lowest BCUT2D eigenvalue weighted by atomic mass is 9.67. The molecule has 0 bridgehead atoms. The van der Waals surface area contributed by atoms with E-state index in [-0.39, 0.29) is 12.3 Å². The lowest BCUT2D eigenvalue weighted by molar-refractivity contribution is -0.140. The highest BCUT2D eigenvalue weighted by molar-refractivity contribution is 5.80. The first-order valence-electron chi connectivity index (χ1n) is 10.9. The molecule has 0 saturated heterocycles. The lowest BCUT2D eigenvalue weighted by Crippen LogP contribution is -2.40. The molecule has 0 aromatic heterocycles. The van der Waals surface area contributed by atoms with Crippen molar-refractivity contribution in [3.05, 3.63) is 108 Å². The van der Waals surface area contributed by atoms with E-state index in [1.165, 1.54) is 0 Å². The van der Waals surface area contributed by atoms with E-state index in [4.69, 9.17) is 9.47 Å². The molecule has 0 saturated carbocycles. The number of carbonyl (C=O) groups is 1. The number of hydrogen-bond donors (Lipinski definition) is 1. The van der Waals surface area contributed by atoms with Crippen molar-refractivity contribution < 1.29 is 14.3 Å². The van der Waals surface area contributed by atoms with Crippen LogP contribution in [0.5, 0.6) is 0 Å². The molecule has 3 aromatic rings. The Morgan fingerprint density at radius 1 is 0.742 bits per heavy atom. The molecule has 0 unspecified atom stereocenters. The standard InChI is InChI=1S/C27H31NO3/c1-3-30-26(31-4-2)21-28-25(29)20-27(22-14-8-5-9-15-22,23-16-10-6-11-17-23)24-18-12-7-13-19-24/h5-19,26H,3-4,20-21H2,1-2H3,(H,28,29). The van der Waals surface area contributed by atoms with E-state index in [1.807, 2.05) is 68.4 Å². The normalized spacial score (nSPS) is 11.5. The number of nitrogens with one attached hydrogen (secondary N) is 1. The summed E-state index contributed by atoms with van der Waals surface area (Å²) < 4.78 is 11.2. The zero-order chi connectivity index (χ0) is 21.9. The van der Waals surface area contributed by atoms with Crippen molar-refractivity contribution in [1.29, 1.82) is 0 Å². The van der Waals surface area contributed by atoms with Gasteiger partial charge in [0.1, 0.15) is 0 Å². The first kappa shape index (κ1) is 22.7. The zero-order valence-electron chi connectivity index (χ0n) is 18.3. The minimum atomic E-state index is -0.611. The Morgan fingerprint density at radius 2 is 1.13 bits per heavy atom. The van der Waals surface area contributed by atoms with Gasteiger partial charge in [0, 0.05) is 19.6 Å². The van der Waals surface area contributed by atoms with Gasteiger partial charge < -0.3 is 14.8 Å². The second kappa shape index (κ2) is 11.4. The summed E-state index contributed by atoms with van der Waals surface area (Å²) in [4.78, 5) is 13.3. The first-order valence-corrected chi connectivity index (χ1v) is 10.9. The Bertz CT molecular complexity index is 810. The molecule has 0 heterocycles. The van der Waals surface area contributed by atoms with Crippen LogP contribution in [0.1, 0.15) is 37.0 Å². The summed E-state index contributed by atoms with van der Waals surface area (Å²) in [5.74, 6) is -0.0547. The highest BCUT2D eigenvalue weighted by atomic mass is 16.7. The molecule has 3 rings (SSSR count). The molecule has 4 heteroatoms. The molecule has 0 spiro atoms. The smallest absolute Gasteiger partial charge is 0.221 e. The molecular weight excluding hydrogens is 386 g/mol. The van der Waals surface area contributed by atoms with Crippen molar-refractivity contribution in [3.8, 4) is 0 Å². The third-order valence-corrected chi connectivity index (χ3v) is 5.40. The van der Waals surface area contributed by atoms with Crippen molar-refractivity contribution in [1.82, 2.24) is 5.32 Å². The number of amides is 1.